The van der Waals surface area contributed by atoms with Crippen LogP contribution in [0.2, 0.25) is 0 Å². The highest BCUT2D eigenvalue weighted by molar-refractivity contribution is 5.94. The molecule has 0 atom stereocenters. The van der Waals surface area contributed by atoms with Gasteiger partial charge in [-0.25, -0.2) is 8.78 Å². The molecule has 0 aliphatic carbocycles. The summed E-state index contributed by atoms with van der Waals surface area (Å²) in [6.45, 7) is 0.0755. The van der Waals surface area contributed by atoms with Gasteiger partial charge in [0.05, 0.1) is 0 Å². The topological polar surface area (TPSA) is 84.2 Å². The van der Waals surface area contributed by atoms with Crippen LogP contribution >= 0.6 is 0 Å². The molecular formula is C11H13F2N3O2. The molecule has 0 aliphatic heterocycles. The van der Waals surface area contributed by atoms with Gasteiger partial charge in [-0.05, 0) is 12.1 Å². The Labute approximate surface area is 102 Å². The summed E-state index contributed by atoms with van der Waals surface area (Å²) in [5, 5.41) is 4.74. The Balaban J connectivity index is 2.65. The lowest BCUT2D eigenvalue weighted by atomic mass is 10.1. The van der Waals surface area contributed by atoms with E-state index in [1.807, 2.05) is 0 Å². The molecule has 18 heavy (non-hydrogen) atoms. The van der Waals surface area contributed by atoms with Gasteiger partial charge in [-0.1, -0.05) is 0 Å². The largest absolute Gasteiger partial charge is 0.394 e. The standard InChI is InChI=1S/C11H13F2N3O2/c1-15-9(17)2-3-16-11(18)6-4-7(12)10(14)8(13)5-6/h4-5H,2-3,14H2,1H3,(H,15,17)(H,16,18). The number of amides is 2. The average molecular weight is 257 g/mol. The van der Waals surface area contributed by atoms with E-state index in [0.29, 0.717) is 0 Å². The molecule has 0 unspecified atom stereocenters. The molecule has 0 radical (unpaired) electrons. The molecule has 1 aromatic rings. The molecule has 2 amide bonds. The normalized spacial score (nSPS) is 9.94. The van der Waals surface area contributed by atoms with Crippen molar-refractivity contribution in [2.75, 3.05) is 19.3 Å². The minimum Gasteiger partial charge on any atom is -0.394 e. The number of carbonyl (C=O) groups excluding carboxylic acids is 2. The highest BCUT2D eigenvalue weighted by atomic mass is 19.1. The number of nitrogens with one attached hydrogen (secondary N) is 2. The number of hydrogen-bond donors (Lipinski definition) is 3. The van der Waals surface area contributed by atoms with Crippen LogP contribution < -0.4 is 16.4 Å². The molecule has 98 valence electrons. The first-order valence-corrected chi connectivity index (χ1v) is 5.19. The second-order valence-corrected chi connectivity index (χ2v) is 3.53. The van der Waals surface area contributed by atoms with Crippen molar-refractivity contribution >= 4 is 17.5 Å². The fourth-order valence-electron chi connectivity index (χ4n) is 1.23. The van der Waals surface area contributed by atoms with Crippen LogP contribution in [0.1, 0.15) is 16.8 Å². The fourth-order valence-corrected chi connectivity index (χ4v) is 1.23. The van der Waals surface area contributed by atoms with Gasteiger partial charge in [-0.3, -0.25) is 9.59 Å². The van der Waals surface area contributed by atoms with Crippen molar-refractivity contribution in [1.82, 2.24) is 10.6 Å². The molecule has 0 aliphatic rings. The Kier molecular flexibility index (Phi) is 4.59. The molecule has 0 heterocycles. The molecule has 0 aromatic heterocycles. The van der Waals surface area contributed by atoms with Crippen molar-refractivity contribution < 1.29 is 18.4 Å². The van der Waals surface area contributed by atoms with Gasteiger partial charge in [0.1, 0.15) is 17.3 Å². The summed E-state index contributed by atoms with van der Waals surface area (Å²) in [4.78, 5) is 22.4. The van der Waals surface area contributed by atoms with Crippen LogP contribution in [0.25, 0.3) is 0 Å². The monoisotopic (exact) mass is 257 g/mol. The molecule has 0 saturated heterocycles. The lowest BCUT2D eigenvalue weighted by Gasteiger charge is -2.06. The van der Waals surface area contributed by atoms with Gasteiger partial charge in [-0.15, -0.1) is 0 Å². The Morgan fingerprint density at radius 2 is 1.83 bits per heavy atom. The highest BCUT2D eigenvalue weighted by Gasteiger charge is 2.13. The Hall–Kier alpha value is -2.18. The predicted octanol–water partition coefficient (Wildman–Crippen LogP) is 0.413. The van der Waals surface area contributed by atoms with Gasteiger partial charge in [0.25, 0.3) is 5.91 Å². The second-order valence-electron chi connectivity index (χ2n) is 3.53. The number of halogens is 2. The fraction of sp³-hybridized carbons (Fsp3) is 0.273. The van der Waals surface area contributed by atoms with Crippen LogP contribution in [0.15, 0.2) is 12.1 Å². The van der Waals surface area contributed by atoms with Crippen molar-refractivity contribution in [1.29, 1.82) is 0 Å². The summed E-state index contributed by atoms with van der Waals surface area (Å²) < 4.78 is 26.2. The average Bonchev–Trinajstić information content (AvgIpc) is 2.34. The third-order valence-corrected chi connectivity index (χ3v) is 2.26. The Bertz CT molecular complexity index is 454. The van der Waals surface area contributed by atoms with Gasteiger partial charge in [0, 0.05) is 25.6 Å². The summed E-state index contributed by atoms with van der Waals surface area (Å²) in [6, 6.07) is 1.68. The van der Waals surface area contributed by atoms with E-state index in [2.05, 4.69) is 10.6 Å². The van der Waals surface area contributed by atoms with Gasteiger partial charge in [0.2, 0.25) is 5.91 Å². The zero-order valence-electron chi connectivity index (χ0n) is 9.72. The zero-order chi connectivity index (χ0) is 13.7. The number of nitrogen functional groups attached to an aromatic ring is 1. The van der Waals surface area contributed by atoms with E-state index in [0.717, 1.165) is 12.1 Å². The smallest absolute Gasteiger partial charge is 0.251 e. The second kappa shape index (κ2) is 5.95. The molecule has 5 nitrogen and oxygen atoms in total. The van der Waals surface area contributed by atoms with Crippen molar-refractivity contribution in [3.63, 3.8) is 0 Å². The summed E-state index contributed by atoms with van der Waals surface area (Å²) in [5.74, 6) is -2.90. The molecule has 0 fully saturated rings. The van der Waals surface area contributed by atoms with Gasteiger partial charge >= 0.3 is 0 Å². The number of nitrogens with two attached hydrogens (primary N) is 1. The molecule has 4 N–H and O–H groups in total. The highest BCUT2D eigenvalue weighted by Crippen LogP contribution is 2.17. The molecule has 1 rings (SSSR count). The van der Waals surface area contributed by atoms with E-state index in [1.165, 1.54) is 7.05 Å². The number of benzene rings is 1. The van der Waals surface area contributed by atoms with E-state index in [4.69, 9.17) is 5.73 Å². The van der Waals surface area contributed by atoms with E-state index in [-0.39, 0.29) is 24.4 Å². The molecule has 0 bridgehead atoms. The Morgan fingerprint density at radius 1 is 1.28 bits per heavy atom. The molecular weight excluding hydrogens is 244 g/mol. The first-order chi connectivity index (χ1) is 8.45. The molecule has 1 aromatic carbocycles. The van der Waals surface area contributed by atoms with Gasteiger partial charge in [0.15, 0.2) is 0 Å². The van der Waals surface area contributed by atoms with Crippen molar-refractivity contribution in [3.8, 4) is 0 Å². The predicted molar refractivity (Wildman–Crippen MR) is 61.8 cm³/mol. The summed E-state index contributed by atoms with van der Waals surface area (Å²) in [6.07, 6.45) is 0.0855. The van der Waals surface area contributed by atoms with Crippen LogP contribution in [0.4, 0.5) is 14.5 Å². The summed E-state index contributed by atoms with van der Waals surface area (Å²) in [5.41, 5.74) is 4.26. The van der Waals surface area contributed by atoms with E-state index in [1.54, 1.807) is 0 Å². The maximum absolute atomic E-state index is 13.1. The van der Waals surface area contributed by atoms with Crippen LogP contribution in [0.3, 0.4) is 0 Å². The van der Waals surface area contributed by atoms with E-state index in [9.17, 15) is 18.4 Å². The van der Waals surface area contributed by atoms with Crippen molar-refractivity contribution in [2.24, 2.45) is 0 Å². The van der Waals surface area contributed by atoms with Crippen LogP contribution in [-0.2, 0) is 4.79 Å². The van der Waals surface area contributed by atoms with Gasteiger partial charge < -0.3 is 16.4 Å². The summed E-state index contributed by atoms with van der Waals surface area (Å²) >= 11 is 0. The first-order valence-electron chi connectivity index (χ1n) is 5.19. The van der Waals surface area contributed by atoms with E-state index >= 15 is 0 Å². The van der Waals surface area contributed by atoms with E-state index < -0.39 is 23.2 Å². The maximum atomic E-state index is 13.1. The number of anilines is 1. The Morgan fingerprint density at radius 3 is 2.33 bits per heavy atom. The van der Waals surface area contributed by atoms with Crippen LogP contribution in [0, 0.1) is 11.6 Å². The van der Waals surface area contributed by atoms with Crippen molar-refractivity contribution in [2.45, 2.75) is 6.42 Å². The minimum atomic E-state index is -0.994. The van der Waals surface area contributed by atoms with Gasteiger partial charge in [-0.2, -0.15) is 0 Å². The van der Waals surface area contributed by atoms with Crippen LogP contribution in [0.5, 0.6) is 0 Å². The zero-order valence-corrected chi connectivity index (χ0v) is 9.72. The molecule has 0 saturated carbocycles. The first kappa shape index (κ1) is 13.9. The summed E-state index contributed by atoms with van der Waals surface area (Å²) in [7, 11) is 1.47. The third kappa shape index (κ3) is 3.41. The number of hydrogen-bond acceptors (Lipinski definition) is 3. The third-order valence-electron chi connectivity index (χ3n) is 2.26. The lowest BCUT2D eigenvalue weighted by molar-refractivity contribution is -0.120. The quantitative estimate of drug-likeness (QED) is 0.683. The van der Waals surface area contributed by atoms with Crippen LogP contribution in [-0.4, -0.2) is 25.4 Å². The molecule has 7 heteroatoms. The number of rotatable bonds is 4. The lowest BCUT2D eigenvalue weighted by Crippen LogP contribution is -2.29. The SMILES string of the molecule is CNC(=O)CCNC(=O)c1cc(F)c(N)c(F)c1. The minimum absolute atomic E-state index is 0.0755. The van der Waals surface area contributed by atoms with Crippen molar-refractivity contribution in [3.05, 3.63) is 29.3 Å². The maximum Gasteiger partial charge on any atom is 0.251 e. The number of carbonyl (C=O) groups is 2. The molecule has 0 spiro atoms.